The molecule has 1 aromatic carbocycles. The van der Waals surface area contributed by atoms with Crippen molar-refractivity contribution >= 4 is 15.9 Å². The number of hydrogen-bond donors (Lipinski definition) is 1. The zero-order chi connectivity index (χ0) is 10.4. The summed E-state index contributed by atoms with van der Waals surface area (Å²) in [5.74, 6) is 5.20. The maximum atomic E-state index is 13.1. The van der Waals surface area contributed by atoms with Gasteiger partial charge in [0.1, 0.15) is 5.82 Å². The van der Waals surface area contributed by atoms with Gasteiger partial charge in [-0.25, -0.2) is 4.39 Å². The molecule has 0 spiro atoms. The Balaban J connectivity index is 2.91. The first kappa shape index (κ1) is 11.2. The van der Waals surface area contributed by atoms with Crippen LogP contribution in [0, 0.1) is 17.7 Å². The molecule has 0 fully saturated rings. The Labute approximate surface area is 91.1 Å². The van der Waals surface area contributed by atoms with Crippen molar-refractivity contribution in [2.45, 2.75) is 13.0 Å². The minimum absolute atomic E-state index is 0.0899. The van der Waals surface area contributed by atoms with E-state index in [-0.39, 0.29) is 12.4 Å². The van der Waals surface area contributed by atoms with E-state index in [1.807, 2.05) is 0 Å². The van der Waals surface area contributed by atoms with Gasteiger partial charge in [0.25, 0.3) is 0 Å². The molecule has 3 heteroatoms. The molecule has 0 heterocycles. The second-order valence-corrected chi connectivity index (χ2v) is 3.51. The van der Waals surface area contributed by atoms with Crippen molar-refractivity contribution < 1.29 is 9.50 Å². The summed E-state index contributed by atoms with van der Waals surface area (Å²) in [7, 11) is 0. The Kier molecular flexibility index (Phi) is 4.64. The monoisotopic (exact) mass is 256 g/mol. The highest BCUT2D eigenvalue weighted by atomic mass is 79.9. The number of alkyl halides is 1. The van der Waals surface area contributed by atoms with Gasteiger partial charge >= 0.3 is 0 Å². The summed E-state index contributed by atoms with van der Waals surface area (Å²) in [6.07, 6.45) is 0.683. The summed E-state index contributed by atoms with van der Waals surface area (Å²) in [6.45, 7) is -0.0899. The van der Waals surface area contributed by atoms with Crippen LogP contribution in [0.5, 0.6) is 0 Å². The third-order valence-corrected chi connectivity index (χ3v) is 2.05. The van der Waals surface area contributed by atoms with Crippen LogP contribution >= 0.6 is 15.9 Å². The number of rotatable bonds is 2. The van der Waals surface area contributed by atoms with Gasteiger partial charge in [0.15, 0.2) is 0 Å². The van der Waals surface area contributed by atoms with Crippen LogP contribution in [-0.2, 0) is 6.61 Å². The van der Waals surface area contributed by atoms with Crippen molar-refractivity contribution in [2.24, 2.45) is 0 Å². The van der Waals surface area contributed by atoms with Crippen LogP contribution in [0.15, 0.2) is 18.2 Å². The number of aliphatic hydroxyl groups is 1. The Morgan fingerprint density at radius 3 is 2.86 bits per heavy atom. The highest BCUT2D eigenvalue weighted by Crippen LogP contribution is 2.09. The van der Waals surface area contributed by atoms with E-state index in [2.05, 4.69) is 27.8 Å². The molecule has 0 atom stereocenters. The van der Waals surface area contributed by atoms with Crippen LogP contribution in [0.2, 0.25) is 0 Å². The average Bonchev–Trinajstić information content (AvgIpc) is 2.21. The molecule has 1 N–H and O–H groups in total. The minimum atomic E-state index is -0.343. The highest BCUT2D eigenvalue weighted by Gasteiger charge is 1.99. The normalized spacial score (nSPS) is 9.36. The van der Waals surface area contributed by atoms with Crippen molar-refractivity contribution in [3.05, 3.63) is 35.1 Å². The molecule has 1 rings (SSSR count). The van der Waals surface area contributed by atoms with Gasteiger partial charge in [0, 0.05) is 11.8 Å². The van der Waals surface area contributed by atoms with E-state index in [1.54, 1.807) is 12.1 Å². The Hall–Kier alpha value is -0.850. The molecular weight excluding hydrogens is 247 g/mol. The van der Waals surface area contributed by atoms with Crippen molar-refractivity contribution in [2.75, 3.05) is 5.33 Å². The third kappa shape index (κ3) is 3.13. The van der Waals surface area contributed by atoms with Crippen molar-refractivity contribution in [3.63, 3.8) is 0 Å². The summed E-state index contributed by atoms with van der Waals surface area (Å²) in [5.41, 5.74) is 1.02. The number of hydrogen-bond acceptors (Lipinski definition) is 1. The zero-order valence-corrected chi connectivity index (χ0v) is 9.14. The molecule has 0 saturated heterocycles. The molecule has 0 aliphatic heterocycles. The SMILES string of the molecule is OCc1ccc(F)c(C#CCCBr)c1. The molecule has 0 aliphatic rings. The fraction of sp³-hybridized carbons (Fsp3) is 0.273. The highest BCUT2D eigenvalue weighted by molar-refractivity contribution is 9.09. The second kappa shape index (κ2) is 5.79. The van der Waals surface area contributed by atoms with Gasteiger partial charge in [0.2, 0.25) is 0 Å². The summed E-state index contributed by atoms with van der Waals surface area (Å²) in [6, 6.07) is 4.44. The molecule has 0 radical (unpaired) electrons. The van der Waals surface area contributed by atoms with Gasteiger partial charge in [-0.2, -0.15) is 0 Å². The van der Waals surface area contributed by atoms with Gasteiger partial charge in [0.05, 0.1) is 12.2 Å². The first-order valence-electron chi connectivity index (χ1n) is 4.22. The van der Waals surface area contributed by atoms with Gasteiger partial charge in [-0.1, -0.05) is 33.8 Å². The van der Waals surface area contributed by atoms with E-state index >= 15 is 0 Å². The lowest BCUT2D eigenvalue weighted by Crippen LogP contribution is -1.88. The summed E-state index contributed by atoms with van der Waals surface area (Å²) in [4.78, 5) is 0. The summed E-state index contributed by atoms with van der Waals surface area (Å²) < 4.78 is 13.1. The molecule has 0 bridgehead atoms. The van der Waals surface area contributed by atoms with Crippen molar-refractivity contribution in [3.8, 4) is 11.8 Å². The Morgan fingerprint density at radius 1 is 1.43 bits per heavy atom. The fourth-order valence-corrected chi connectivity index (χ4v) is 1.17. The second-order valence-electron chi connectivity index (χ2n) is 2.71. The molecule has 0 aromatic heterocycles. The van der Waals surface area contributed by atoms with Crippen LogP contribution in [-0.4, -0.2) is 10.4 Å². The van der Waals surface area contributed by atoms with E-state index in [4.69, 9.17) is 5.11 Å². The van der Waals surface area contributed by atoms with Gasteiger partial charge in [-0.05, 0) is 17.7 Å². The van der Waals surface area contributed by atoms with E-state index in [0.29, 0.717) is 17.5 Å². The lowest BCUT2D eigenvalue weighted by molar-refractivity contribution is 0.281. The van der Waals surface area contributed by atoms with Crippen molar-refractivity contribution in [1.29, 1.82) is 0 Å². The summed E-state index contributed by atoms with van der Waals surface area (Å²) >= 11 is 3.23. The first-order chi connectivity index (χ1) is 6.77. The molecular formula is C11H10BrFO. The van der Waals surface area contributed by atoms with Crippen molar-refractivity contribution in [1.82, 2.24) is 0 Å². The molecule has 0 amide bonds. The lowest BCUT2D eigenvalue weighted by Gasteiger charge is -1.98. The molecule has 1 nitrogen and oxygen atoms in total. The van der Waals surface area contributed by atoms with Crippen LogP contribution in [0.1, 0.15) is 17.5 Å². The third-order valence-electron chi connectivity index (χ3n) is 1.66. The number of benzene rings is 1. The van der Waals surface area contributed by atoms with Gasteiger partial charge in [-0.15, -0.1) is 0 Å². The fourth-order valence-electron chi connectivity index (χ4n) is 0.972. The summed E-state index contributed by atoms with van der Waals surface area (Å²) in [5, 5.41) is 9.63. The maximum Gasteiger partial charge on any atom is 0.138 e. The van der Waals surface area contributed by atoms with Gasteiger partial charge in [-0.3, -0.25) is 0 Å². The van der Waals surface area contributed by atoms with E-state index in [9.17, 15) is 4.39 Å². The predicted octanol–water partition coefficient (Wildman–Crippen LogP) is 2.45. The quantitative estimate of drug-likeness (QED) is 0.637. The van der Waals surface area contributed by atoms with Crippen LogP contribution in [0.3, 0.4) is 0 Å². The van der Waals surface area contributed by atoms with Crippen LogP contribution < -0.4 is 0 Å². The van der Waals surface area contributed by atoms with E-state index in [0.717, 1.165) is 5.33 Å². The topological polar surface area (TPSA) is 20.2 Å². The Morgan fingerprint density at radius 2 is 2.21 bits per heavy atom. The predicted molar refractivity (Wildman–Crippen MR) is 57.6 cm³/mol. The zero-order valence-electron chi connectivity index (χ0n) is 7.56. The smallest absolute Gasteiger partial charge is 0.138 e. The molecule has 0 saturated carbocycles. The van der Waals surface area contributed by atoms with E-state index < -0.39 is 0 Å². The lowest BCUT2D eigenvalue weighted by atomic mass is 10.1. The maximum absolute atomic E-state index is 13.1. The molecule has 14 heavy (non-hydrogen) atoms. The number of aliphatic hydroxyl groups excluding tert-OH is 1. The largest absolute Gasteiger partial charge is 0.392 e. The first-order valence-corrected chi connectivity index (χ1v) is 5.34. The average molecular weight is 257 g/mol. The van der Waals surface area contributed by atoms with Gasteiger partial charge < -0.3 is 5.11 Å². The van der Waals surface area contributed by atoms with Crippen LogP contribution in [0.4, 0.5) is 4.39 Å². The molecule has 1 aromatic rings. The molecule has 0 unspecified atom stereocenters. The molecule has 74 valence electrons. The standard InChI is InChI=1S/C11H10BrFO/c12-6-2-1-3-10-7-9(8-14)4-5-11(10)13/h4-5,7,14H,2,6,8H2. The van der Waals surface area contributed by atoms with E-state index in [1.165, 1.54) is 6.07 Å². The Bertz CT molecular complexity index is 365. The molecule has 0 aliphatic carbocycles. The van der Waals surface area contributed by atoms with Crippen LogP contribution in [0.25, 0.3) is 0 Å². The number of halogens is 2. The minimum Gasteiger partial charge on any atom is -0.392 e.